The molecule has 4 heterocycles. The smallest absolute Gasteiger partial charge is 0.316 e. The second kappa shape index (κ2) is 5.67. The summed E-state index contributed by atoms with van der Waals surface area (Å²) in [6, 6.07) is 0. The molecule has 0 radical (unpaired) electrons. The first kappa shape index (κ1) is 14.2. The predicted octanol–water partition coefficient (Wildman–Crippen LogP) is 0.506. The molecule has 2 aromatic rings. The van der Waals surface area contributed by atoms with Crippen LogP contribution in [0.1, 0.15) is 23.5 Å². The summed E-state index contributed by atoms with van der Waals surface area (Å²) in [7, 11) is 0. The zero-order valence-corrected chi connectivity index (χ0v) is 12.3. The number of aromatic nitrogens is 4. The average Bonchev–Trinajstić information content (AvgIpc) is 3.26. The Labute approximate surface area is 131 Å². The summed E-state index contributed by atoms with van der Waals surface area (Å²) in [4.78, 5) is 26.3. The minimum absolute atomic E-state index is 0.0464. The van der Waals surface area contributed by atoms with E-state index >= 15 is 0 Å². The molecule has 23 heavy (non-hydrogen) atoms. The largest absolute Gasteiger partial charge is 0.347 e. The fourth-order valence-corrected chi connectivity index (χ4v) is 2.80. The number of rotatable bonds is 2. The van der Waals surface area contributed by atoms with E-state index < -0.39 is 5.79 Å². The summed E-state index contributed by atoms with van der Waals surface area (Å²) in [5.74, 6) is -0.608. The van der Waals surface area contributed by atoms with Gasteiger partial charge in [-0.2, -0.15) is 4.98 Å². The van der Waals surface area contributed by atoms with Crippen LogP contribution >= 0.6 is 0 Å². The zero-order valence-electron chi connectivity index (χ0n) is 12.3. The van der Waals surface area contributed by atoms with Gasteiger partial charge in [0.25, 0.3) is 0 Å². The van der Waals surface area contributed by atoms with Gasteiger partial charge in [0.2, 0.25) is 5.82 Å². The van der Waals surface area contributed by atoms with E-state index in [4.69, 9.17) is 14.0 Å². The zero-order chi connectivity index (χ0) is 15.7. The lowest BCUT2D eigenvalue weighted by molar-refractivity contribution is -0.181. The normalized spacial score (nSPS) is 20.1. The standard InChI is InChI=1S/C14H15N5O4/c20-13(19-5-1-14(2-6-19)21-7-8-22-14)12-17-11(18-23-12)10-9-15-3-4-16-10/h3-4,9H,1-2,5-8H2. The number of carbonyl (C=O) groups excluding carboxylic acids is 1. The van der Waals surface area contributed by atoms with Gasteiger partial charge >= 0.3 is 11.8 Å². The SMILES string of the molecule is O=C(c1nc(-c2cnccn2)no1)N1CCC2(CC1)OCCO2. The van der Waals surface area contributed by atoms with Gasteiger partial charge in [-0.3, -0.25) is 9.78 Å². The second-order valence-electron chi connectivity index (χ2n) is 5.41. The molecule has 0 saturated carbocycles. The van der Waals surface area contributed by atoms with Gasteiger partial charge in [0.05, 0.1) is 19.4 Å². The van der Waals surface area contributed by atoms with Gasteiger partial charge in [-0.25, -0.2) is 4.98 Å². The molecule has 0 unspecified atom stereocenters. The van der Waals surface area contributed by atoms with E-state index in [0.29, 0.717) is 44.8 Å². The van der Waals surface area contributed by atoms with E-state index in [1.807, 2.05) is 0 Å². The number of piperidine rings is 1. The summed E-state index contributed by atoms with van der Waals surface area (Å²) < 4.78 is 16.4. The van der Waals surface area contributed by atoms with Gasteiger partial charge in [-0.15, -0.1) is 0 Å². The highest BCUT2D eigenvalue weighted by Crippen LogP contribution is 2.31. The van der Waals surface area contributed by atoms with Crippen molar-refractivity contribution in [3.8, 4) is 11.5 Å². The summed E-state index contributed by atoms with van der Waals surface area (Å²) in [6.45, 7) is 2.28. The number of likely N-dealkylation sites (tertiary alicyclic amines) is 1. The van der Waals surface area contributed by atoms with Crippen molar-refractivity contribution in [3.63, 3.8) is 0 Å². The Kier molecular flexibility index (Phi) is 3.50. The Morgan fingerprint density at radius 3 is 2.65 bits per heavy atom. The maximum atomic E-state index is 12.5. The van der Waals surface area contributed by atoms with E-state index in [1.165, 1.54) is 12.4 Å². The van der Waals surface area contributed by atoms with Crippen molar-refractivity contribution in [1.29, 1.82) is 0 Å². The molecule has 0 aliphatic carbocycles. The van der Waals surface area contributed by atoms with Crippen molar-refractivity contribution in [2.75, 3.05) is 26.3 Å². The maximum absolute atomic E-state index is 12.5. The molecule has 1 amide bonds. The summed E-state index contributed by atoms with van der Waals surface area (Å²) in [6.07, 6.45) is 5.87. The first-order chi connectivity index (χ1) is 11.3. The monoisotopic (exact) mass is 317 g/mol. The molecule has 1 spiro atoms. The highest BCUT2D eigenvalue weighted by Gasteiger charge is 2.41. The maximum Gasteiger partial charge on any atom is 0.316 e. The molecule has 0 N–H and O–H groups in total. The fourth-order valence-electron chi connectivity index (χ4n) is 2.80. The summed E-state index contributed by atoms with van der Waals surface area (Å²) in [5, 5.41) is 3.79. The quantitative estimate of drug-likeness (QED) is 0.789. The Balaban J connectivity index is 1.45. The average molecular weight is 317 g/mol. The van der Waals surface area contributed by atoms with Crippen molar-refractivity contribution in [1.82, 2.24) is 25.0 Å². The molecule has 2 aromatic heterocycles. The molecule has 9 nitrogen and oxygen atoms in total. The summed E-state index contributed by atoms with van der Waals surface area (Å²) >= 11 is 0. The number of ether oxygens (including phenoxy) is 2. The van der Waals surface area contributed by atoms with Gasteiger partial charge in [-0.1, -0.05) is 5.16 Å². The van der Waals surface area contributed by atoms with Crippen molar-refractivity contribution in [3.05, 3.63) is 24.5 Å². The van der Waals surface area contributed by atoms with Gasteiger partial charge in [-0.05, 0) is 0 Å². The lowest BCUT2D eigenvalue weighted by atomic mass is 10.0. The van der Waals surface area contributed by atoms with Gasteiger partial charge < -0.3 is 18.9 Å². The van der Waals surface area contributed by atoms with Crippen LogP contribution in [0.15, 0.2) is 23.1 Å². The molecule has 0 aromatic carbocycles. The highest BCUT2D eigenvalue weighted by molar-refractivity contribution is 5.90. The van der Waals surface area contributed by atoms with Crippen LogP contribution in [0, 0.1) is 0 Å². The molecule has 4 rings (SSSR count). The molecule has 2 saturated heterocycles. The number of amides is 1. The molecule has 2 aliphatic rings. The molecule has 9 heteroatoms. The van der Waals surface area contributed by atoms with E-state index in [0.717, 1.165) is 0 Å². The van der Waals surface area contributed by atoms with Crippen LogP contribution in [0.4, 0.5) is 0 Å². The molecule has 0 atom stereocenters. The van der Waals surface area contributed by atoms with Crippen molar-refractivity contribution in [2.24, 2.45) is 0 Å². The first-order valence-corrected chi connectivity index (χ1v) is 7.43. The van der Waals surface area contributed by atoms with Crippen LogP contribution in [0.3, 0.4) is 0 Å². The van der Waals surface area contributed by atoms with E-state index in [-0.39, 0.29) is 17.6 Å². The number of hydrogen-bond acceptors (Lipinski definition) is 8. The van der Waals surface area contributed by atoms with E-state index in [9.17, 15) is 4.79 Å². The first-order valence-electron chi connectivity index (χ1n) is 7.43. The summed E-state index contributed by atoms with van der Waals surface area (Å²) in [5.41, 5.74) is 0.459. The molecule has 120 valence electrons. The molecular weight excluding hydrogens is 302 g/mol. The lowest BCUT2D eigenvalue weighted by Crippen LogP contribution is -2.47. The minimum Gasteiger partial charge on any atom is -0.347 e. The minimum atomic E-state index is -0.517. The third kappa shape index (κ3) is 2.68. The van der Waals surface area contributed by atoms with Gasteiger partial charge in [0.1, 0.15) is 5.69 Å². The van der Waals surface area contributed by atoms with Crippen LogP contribution in [0.25, 0.3) is 11.5 Å². The third-order valence-corrected chi connectivity index (χ3v) is 4.03. The number of hydrogen-bond donors (Lipinski definition) is 0. The highest BCUT2D eigenvalue weighted by atomic mass is 16.7. The second-order valence-corrected chi connectivity index (χ2v) is 5.41. The van der Waals surface area contributed by atoms with Gasteiger partial charge in [0, 0.05) is 38.3 Å². The number of carbonyl (C=O) groups is 1. The Morgan fingerprint density at radius 1 is 1.17 bits per heavy atom. The van der Waals surface area contributed by atoms with E-state index in [1.54, 1.807) is 11.1 Å². The van der Waals surface area contributed by atoms with Crippen LogP contribution < -0.4 is 0 Å². The molecule has 0 bridgehead atoms. The third-order valence-electron chi connectivity index (χ3n) is 4.03. The Hall–Kier alpha value is -2.39. The topological polar surface area (TPSA) is 103 Å². The van der Waals surface area contributed by atoms with Crippen molar-refractivity contribution in [2.45, 2.75) is 18.6 Å². The Bertz CT molecular complexity index is 688. The predicted molar refractivity (Wildman–Crippen MR) is 75.1 cm³/mol. The van der Waals surface area contributed by atoms with Crippen molar-refractivity contribution >= 4 is 5.91 Å². The van der Waals surface area contributed by atoms with Crippen LogP contribution in [0.5, 0.6) is 0 Å². The number of nitrogens with zero attached hydrogens (tertiary/aromatic N) is 5. The molecule has 2 aliphatic heterocycles. The van der Waals surface area contributed by atoms with Crippen LogP contribution in [0.2, 0.25) is 0 Å². The fraction of sp³-hybridized carbons (Fsp3) is 0.500. The molecular formula is C14H15N5O4. The van der Waals surface area contributed by atoms with Crippen LogP contribution in [-0.2, 0) is 9.47 Å². The Morgan fingerprint density at radius 2 is 1.96 bits per heavy atom. The van der Waals surface area contributed by atoms with Gasteiger partial charge in [0.15, 0.2) is 5.79 Å². The van der Waals surface area contributed by atoms with E-state index in [2.05, 4.69) is 20.1 Å². The van der Waals surface area contributed by atoms with Crippen molar-refractivity contribution < 1.29 is 18.8 Å². The van der Waals surface area contributed by atoms with Crippen LogP contribution in [-0.4, -0.2) is 63.0 Å². The molecule has 2 fully saturated rings. The lowest BCUT2D eigenvalue weighted by Gasteiger charge is -2.36.